The molecule has 0 N–H and O–H groups in total. The van der Waals surface area contributed by atoms with E-state index in [4.69, 9.17) is 15.0 Å². The number of fused-ring (bicyclic) bond motifs is 2. The topological polar surface area (TPSA) is 41.9 Å². The zero-order chi connectivity index (χ0) is 39.9. The molecule has 0 unspecified atom stereocenters. The van der Waals surface area contributed by atoms with Gasteiger partial charge in [-0.25, -0.2) is 4.98 Å². The normalized spacial score (nSPS) is 11.4. The molecule has 9 rings (SSSR count). The van der Waals surface area contributed by atoms with Crippen molar-refractivity contribution < 1.29 is 0 Å². The van der Waals surface area contributed by atoms with Gasteiger partial charge in [-0.3, -0.25) is 4.90 Å². The number of benzene rings is 8. The number of rotatable bonds is 8. The molecule has 0 saturated heterocycles. The molecule has 4 nitrogen and oxygen atoms in total. The Morgan fingerprint density at radius 1 is 0.414 bits per heavy atom. The highest BCUT2D eigenvalue weighted by Crippen LogP contribution is 2.43. The Balaban J connectivity index is 1.27. The van der Waals surface area contributed by atoms with Gasteiger partial charge in [-0.1, -0.05) is 151 Å². The molecule has 0 fully saturated rings. The van der Waals surface area contributed by atoms with Crippen LogP contribution in [0, 0.1) is 41.5 Å². The quantitative estimate of drug-likeness (QED) is 0.145. The van der Waals surface area contributed by atoms with Crippen molar-refractivity contribution in [2.75, 3.05) is 4.90 Å². The lowest BCUT2D eigenvalue weighted by Crippen LogP contribution is -2.16. The fourth-order valence-corrected chi connectivity index (χ4v) is 8.99. The zero-order valence-corrected chi connectivity index (χ0v) is 34.0. The predicted octanol–water partition coefficient (Wildman–Crippen LogP) is 14.0. The second-order valence-corrected chi connectivity index (χ2v) is 15.7. The van der Waals surface area contributed by atoms with Crippen LogP contribution in [0.2, 0.25) is 0 Å². The highest BCUT2D eigenvalue weighted by Gasteiger charge is 2.26. The van der Waals surface area contributed by atoms with E-state index in [-0.39, 0.29) is 5.92 Å². The minimum Gasteiger partial charge on any atom is -0.278 e. The first-order chi connectivity index (χ1) is 28.2. The van der Waals surface area contributed by atoms with E-state index in [1.165, 1.54) is 55.5 Å². The summed E-state index contributed by atoms with van der Waals surface area (Å²) in [7, 11) is 0. The van der Waals surface area contributed by atoms with Gasteiger partial charge in [-0.15, -0.1) is 0 Å². The number of hydrogen-bond acceptors (Lipinski definition) is 4. The lowest BCUT2D eigenvalue weighted by Gasteiger charge is -2.28. The Hall–Kier alpha value is -6.91. The maximum Gasteiger partial charge on any atom is 0.238 e. The fourth-order valence-electron chi connectivity index (χ4n) is 8.99. The average Bonchev–Trinajstić information content (AvgIpc) is 3.23. The van der Waals surface area contributed by atoms with E-state index in [0.29, 0.717) is 17.6 Å². The second kappa shape index (κ2) is 15.2. The van der Waals surface area contributed by atoms with E-state index in [9.17, 15) is 0 Å². The van der Waals surface area contributed by atoms with Crippen molar-refractivity contribution in [3.8, 4) is 22.8 Å². The van der Waals surface area contributed by atoms with Crippen molar-refractivity contribution in [2.24, 2.45) is 0 Å². The van der Waals surface area contributed by atoms with Gasteiger partial charge in [-0.2, -0.15) is 9.97 Å². The highest BCUT2D eigenvalue weighted by atomic mass is 15.3. The lowest BCUT2D eigenvalue weighted by molar-refractivity contribution is 0.919. The van der Waals surface area contributed by atoms with E-state index in [2.05, 4.69) is 192 Å². The maximum absolute atomic E-state index is 5.32. The van der Waals surface area contributed by atoms with Crippen LogP contribution in [0.1, 0.15) is 56.0 Å². The molecule has 1 heterocycles. The van der Waals surface area contributed by atoms with E-state index in [1.807, 2.05) is 18.2 Å². The summed E-state index contributed by atoms with van der Waals surface area (Å²) < 4.78 is 0. The summed E-state index contributed by atoms with van der Waals surface area (Å²) in [4.78, 5) is 17.9. The van der Waals surface area contributed by atoms with Crippen molar-refractivity contribution in [1.82, 2.24) is 15.0 Å². The Morgan fingerprint density at radius 2 is 0.948 bits per heavy atom. The van der Waals surface area contributed by atoms with Gasteiger partial charge in [0.1, 0.15) is 0 Å². The molecule has 9 aromatic rings. The summed E-state index contributed by atoms with van der Waals surface area (Å²) in [6.45, 7) is 13.4. The molecule has 8 aromatic carbocycles. The van der Waals surface area contributed by atoms with Crippen LogP contribution in [0.3, 0.4) is 0 Å². The third kappa shape index (κ3) is 6.92. The number of nitrogens with zero attached hydrogens (tertiary/aromatic N) is 4. The molecular weight excluding hydrogens is 705 g/mol. The van der Waals surface area contributed by atoms with Crippen molar-refractivity contribution in [3.63, 3.8) is 0 Å². The summed E-state index contributed by atoms with van der Waals surface area (Å²) in [5.41, 5.74) is 15.6. The minimum atomic E-state index is 0.0580. The average molecular weight is 751 g/mol. The first kappa shape index (κ1) is 36.7. The van der Waals surface area contributed by atoms with E-state index in [0.717, 1.165) is 38.7 Å². The SMILES string of the molecule is Cc1cc(C)c(C(c2ccc(N(c3nc(-c4ccccc4)nc(-c4ccc5ccccc5c4)n3)c3cccc4ccccc34)cc2)c2c(C)cc(C)cc2C)c(C)c1. The summed E-state index contributed by atoms with van der Waals surface area (Å²) in [6.07, 6.45) is 0. The van der Waals surface area contributed by atoms with Crippen LogP contribution in [0.4, 0.5) is 17.3 Å². The molecular formula is C54H46N4. The number of anilines is 3. The Labute approximate surface area is 341 Å². The van der Waals surface area contributed by atoms with Gasteiger partial charge >= 0.3 is 0 Å². The van der Waals surface area contributed by atoms with Crippen molar-refractivity contribution in [2.45, 2.75) is 47.5 Å². The summed E-state index contributed by atoms with van der Waals surface area (Å²) in [5, 5.41) is 4.56. The monoisotopic (exact) mass is 750 g/mol. The van der Waals surface area contributed by atoms with Crippen molar-refractivity contribution >= 4 is 38.9 Å². The lowest BCUT2D eigenvalue weighted by atomic mass is 9.77. The highest BCUT2D eigenvalue weighted by molar-refractivity contribution is 5.98. The largest absolute Gasteiger partial charge is 0.278 e. The summed E-state index contributed by atoms with van der Waals surface area (Å²) in [5.74, 6) is 1.84. The second-order valence-electron chi connectivity index (χ2n) is 15.7. The standard InChI is InChI=1S/C54H46N4/c1-34-29-36(3)49(37(4)30-34)51(50-38(5)31-35(2)32-39(50)6)42-25-27-46(28-26-42)58(48-22-14-20-41-16-12-13-21-47(41)48)54-56-52(43-17-8-7-9-18-43)55-53(57-54)45-24-23-40-15-10-11-19-44(40)33-45/h7-33,51H,1-6H3. The first-order valence-electron chi connectivity index (χ1n) is 20.1. The van der Waals surface area contributed by atoms with E-state index in [1.54, 1.807) is 0 Å². The van der Waals surface area contributed by atoms with Gasteiger partial charge in [0.05, 0.1) is 5.69 Å². The van der Waals surface area contributed by atoms with Gasteiger partial charge < -0.3 is 0 Å². The smallest absolute Gasteiger partial charge is 0.238 e. The zero-order valence-electron chi connectivity index (χ0n) is 34.0. The maximum atomic E-state index is 5.32. The molecule has 0 amide bonds. The van der Waals surface area contributed by atoms with Gasteiger partial charge in [0, 0.05) is 28.1 Å². The molecule has 0 saturated carbocycles. The minimum absolute atomic E-state index is 0.0580. The van der Waals surface area contributed by atoms with Crippen LogP contribution < -0.4 is 4.90 Å². The van der Waals surface area contributed by atoms with Crippen LogP contribution in [-0.2, 0) is 0 Å². The number of hydrogen-bond donors (Lipinski definition) is 0. The molecule has 0 atom stereocenters. The van der Waals surface area contributed by atoms with Crippen LogP contribution in [0.15, 0.2) is 164 Å². The van der Waals surface area contributed by atoms with Gasteiger partial charge in [0.25, 0.3) is 0 Å². The Kier molecular flexibility index (Phi) is 9.63. The number of aryl methyl sites for hydroxylation is 6. The van der Waals surface area contributed by atoms with Crippen LogP contribution in [-0.4, -0.2) is 15.0 Å². The van der Waals surface area contributed by atoms with E-state index >= 15 is 0 Å². The molecule has 0 radical (unpaired) electrons. The molecule has 0 aliphatic rings. The van der Waals surface area contributed by atoms with Crippen LogP contribution in [0.5, 0.6) is 0 Å². The molecule has 1 aromatic heterocycles. The Morgan fingerprint density at radius 3 is 1.59 bits per heavy atom. The molecule has 58 heavy (non-hydrogen) atoms. The fraction of sp³-hybridized carbons (Fsp3) is 0.130. The van der Waals surface area contributed by atoms with Crippen LogP contribution in [0.25, 0.3) is 44.3 Å². The van der Waals surface area contributed by atoms with Gasteiger partial charge in [-0.05, 0) is 121 Å². The molecule has 0 aliphatic heterocycles. The first-order valence-corrected chi connectivity index (χ1v) is 20.1. The van der Waals surface area contributed by atoms with Gasteiger partial charge in [0.15, 0.2) is 11.6 Å². The molecule has 0 bridgehead atoms. The molecule has 4 heteroatoms. The van der Waals surface area contributed by atoms with Crippen LogP contribution >= 0.6 is 0 Å². The summed E-state index contributed by atoms with van der Waals surface area (Å²) >= 11 is 0. The third-order valence-electron chi connectivity index (χ3n) is 11.4. The third-order valence-corrected chi connectivity index (χ3v) is 11.4. The van der Waals surface area contributed by atoms with Crippen molar-refractivity contribution in [3.05, 3.63) is 214 Å². The van der Waals surface area contributed by atoms with E-state index < -0.39 is 0 Å². The Bertz CT molecular complexity index is 2860. The predicted molar refractivity (Wildman–Crippen MR) is 243 cm³/mol. The molecule has 282 valence electrons. The molecule has 0 spiro atoms. The van der Waals surface area contributed by atoms with Crippen molar-refractivity contribution in [1.29, 1.82) is 0 Å². The van der Waals surface area contributed by atoms with Gasteiger partial charge in [0.2, 0.25) is 5.95 Å². The molecule has 0 aliphatic carbocycles. The summed E-state index contributed by atoms with van der Waals surface area (Å²) in [6, 6.07) is 58.4. The number of aromatic nitrogens is 3.